The molecule has 2 N–H and O–H groups in total. The van der Waals surface area contributed by atoms with Gasteiger partial charge in [0.05, 0.1) is 18.0 Å². The van der Waals surface area contributed by atoms with Crippen molar-refractivity contribution in [1.29, 1.82) is 0 Å². The molecule has 0 bridgehead atoms. The SMILES string of the molecule is CC(C)[C@H](CO)NCc1nc(-c2cccc3c2ccn3C)ccc1F. The lowest BCUT2D eigenvalue weighted by Gasteiger charge is -2.20. The summed E-state index contributed by atoms with van der Waals surface area (Å²) in [6, 6.07) is 11.2. The molecular formula is C20H24FN3O. The van der Waals surface area contributed by atoms with Crippen LogP contribution in [0.25, 0.3) is 22.2 Å². The van der Waals surface area contributed by atoms with Gasteiger partial charge in [0.15, 0.2) is 0 Å². The number of hydrogen-bond acceptors (Lipinski definition) is 3. The van der Waals surface area contributed by atoms with E-state index in [9.17, 15) is 9.50 Å². The van der Waals surface area contributed by atoms with Crippen molar-refractivity contribution in [2.45, 2.75) is 26.4 Å². The largest absolute Gasteiger partial charge is 0.395 e. The predicted molar refractivity (Wildman–Crippen MR) is 98.7 cm³/mol. The van der Waals surface area contributed by atoms with Gasteiger partial charge < -0.3 is 15.0 Å². The number of fused-ring (bicyclic) bond motifs is 1. The van der Waals surface area contributed by atoms with Crippen LogP contribution in [0, 0.1) is 11.7 Å². The predicted octanol–water partition coefficient (Wildman–Crippen LogP) is 3.49. The first-order valence-electron chi connectivity index (χ1n) is 8.55. The highest BCUT2D eigenvalue weighted by molar-refractivity contribution is 5.94. The molecule has 0 saturated carbocycles. The maximum absolute atomic E-state index is 14.2. The van der Waals surface area contributed by atoms with E-state index in [2.05, 4.69) is 20.9 Å². The molecule has 4 nitrogen and oxygen atoms in total. The molecule has 0 unspecified atom stereocenters. The zero-order valence-electron chi connectivity index (χ0n) is 14.8. The summed E-state index contributed by atoms with van der Waals surface area (Å²) < 4.78 is 16.2. The standard InChI is InChI=1S/C20H24FN3O/c1-13(2)19(12-25)22-11-18-16(21)7-8-17(23-18)14-5-4-6-20-15(14)9-10-24(20)3/h4-10,13,19,22,25H,11-12H2,1-3H3/t19-/m0/s1. The number of aromatic nitrogens is 2. The summed E-state index contributed by atoms with van der Waals surface area (Å²) in [6.07, 6.45) is 2.01. The minimum atomic E-state index is -0.336. The summed E-state index contributed by atoms with van der Waals surface area (Å²) in [5.41, 5.74) is 3.22. The van der Waals surface area contributed by atoms with E-state index in [0.717, 1.165) is 22.2 Å². The first kappa shape index (κ1) is 17.6. The summed E-state index contributed by atoms with van der Waals surface area (Å²) >= 11 is 0. The first-order chi connectivity index (χ1) is 12.0. The minimum absolute atomic E-state index is 0.0162. The highest BCUT2D eigenvalue weighted by Crippen LogP contribution is 2.28. The lowest BCUT2D eigenvalue weighted by molar-refractivity contribution is 0.209. The fourth-order valence-corrected chi connectivity index (χ4v) is 3.02. The van der Waals surface area contributed by atoms with E-state index in [1.54, 1.807) is 6.07 Å². The van der Waals surface area contributed by atoms with E-state index in [0.29, 0.717) is 5.69 Å². The highest BCUT2D eigenvalue weighted by Gasteiger charge is 2.15. The Kier molecular flexibility index (Phi) is 5.16. The van der Waals surface area contributed by atoms with Crippen molar-refractivity contribution in [2.75, 3.05) is 6.61 Å². The van der Waals surface area contributed by atoms with E-state index >= 15 is 0 Å². The monoisotopic (exact) mass is 341 g/mol. The highest BCUT2D eigenvalue weighted by atomic mass is 19.1. The Morgan fingerprint density at radius 1 is 1.20 bits per heavy atom. The Labute approximate surface area is 147 Å². The third-order valence-electron chi connectivity index (χ3n) is 4.66. The lowest BCUT2D eigenvalue weighted by atomic mass is 10.0. The molecule has 1 aromatic carbocycles. The number of aliphatic hydroxyl groups excluding tert-OH is 1. The number of pyridine rings is 1. The number of rotatable bonds is 6. The van der Waals surface area contributed by atoms with Crippen molar-refractivity contribution >= 4 is 10.9 Å². The second-order valence-electron chi connectivity index (χ2n) is 6.70. The van der Waals surface area contributed by atoms with Crippen LogP contribution in [0.1, 0.15) is 19.5 Å². The van der Waals surface area contributed by atoms with Crippen LogP contribution in [0.5, 0.6) is 0 Å². The molecule has 0 fully saturated rings. The molecule has 0 aliphatic rings. The second kappa shape index (κ2) is 7.33. The lowest BCUT2D eigenvalue weighted by Crippen LogP contribution is -2.36. The molecule has 0 aliphatic heterocycles. The van der Waals surface area contributed by atoms with Crippen molar-refractivity contribution < 1.29 is 9.50 Å². The van der Waals surface area contributed by atoms with Gasteiger partial charge in [-0.1, -0.05) is 26.0 Å². The van der Waals surface area contributed by atoms with Gasteiger partial charge in [-0.3, -0.25) is 0 Å². The Balaban J connectivity index is 1.93. The van der Waals surface area contributed by atoms with Crippen LogP contribution >= 0.6 is 0 Å². The summed E-state index contributed by atoms with van der Waals surface area (Å²) in [5, 5.41) is 13.7. The normalized spacial score (nSPS) is 12.9. The van der Waals surface area contributed by atoms with Crippen LogP contribution in [0.2, 0.25) is 0 Å². The zero-order valence-corrected chi connectivity index (χ0v) is 14.8. The molecule has 5 heteroatoms. The molecule has 0 spiro atoms. The second-order valence-corrected chi connectivity index (χ2v) is 6.70. The summed E-state index contributed by atoms with van der Waals surface area (Å²) in [5.74, 6) is -0.0776. The fraction of sp³-hybridized carbons (Fsp3) is 0.350. The summed E-state index contributed by atoms with van der Waals surface area (Å²) in [7, 11) is 2.00. The first-order valence-corrected chi connectivity index (χ1v) is 8.55. The molecule has 3 rings (SSSR count). The van der Waals surface area contributed by atoms with Gasteiger partial charge in [0.25, 0.3) is 0 Å². The number of nitrogens with one attached hydrogen (secondary N) is 1. The molecule has 1 atom stereocenters. The van der Waals surface area contributed by atoms with Gasteiger partial charge >= 0.3 is 0 Å². The van der Waals surface area contributed by atoms with E-state index in [1.165, 1.54) is 6.07 Å². The fourth-order valence-electron chi connectivity index (χ4n) is 3.02. The van der Waals surface area contributed by atoms with Gasteiger partial charge in [0, 0.05) is 42.3 Å². The van der Waals surface area contributed by atoms with Crippen molar-refractivity contribution in [3.63, 3.8) is 0 Å². The Morgan fingerprint density at radius 2 is 2.00 bits per heavy atom. The molecule has 0 amide bonds. The average molecular weight is 341 g/mol. The van der Waals surface area contributed by atoms with Crippen LogP contribution < -0.4 is 5.32 Å². The number of aryl methyl sites for hydroxylation is 1. The average Bonchev–Trinajstić information content (AvgIpc) is 2.98. The van der Waals surface area contributed by atoms with E-state index in [1.807, 2.05) is 45.3 Å². The molecule has 25 heavy (non-hydrogen) atoms. The smallest absolute Gasteiger partial charge is 0.146 e. The van der Waals surface area contributed by atoms with Gasteiger partial charge in [-0.2, -0.15) is 0 Å². The zero-order chi connectivity index (χ0) is 18.0. The van der Waals surface area contributed by atoms with Crippen molar-refractivity contribution in [2.24, 2.45) is 13.0 Å². The van der Waals surface area contributed by atoms with Gasteiger partial charge in [-0.25, -0.2) is 9.37 Å². The van der Waals surface area contributed by atoms with Crippen LogP contribution in [0.3, 0.4) is 0 Å². The number of aliphatic hydroxyl groups is 1. The third kappa shape index (κ3) is 3.57. The molecule has 132 valence electrons. The van der Waals surface area contributed by atoms with Gasteiger partial charge in [0.1, 0.15) is 5.82 Å². The number of benzene rings is 1. The maximum atomic E-state index is 14.2. The summed E-state index contributed by atoms with van der Waals surface area (Å²) in [4.78, 5) is 4.54. The van der Waals surface area contributed by atoms with E-state index in [-0.39, 0.29) is 30.9 Å². The van der Waals surface area contributed by atoms with Crippen molar-refractivity contribution in [3.8, 4) is 11.3 Å². The Morgan fingerprint density at radius 3 is 2.72 bits per heavy atom. The topological polar surface area (TPSA) is 50.1 Å². The van der Waals surface area contributed by atoms with E-state index < -0.39 is 0 Å². The maximum Gasteiger partial charge on any atom is 0.146 e. The molecular weight excluding hydrogens is 317 g/mol. The van der Waals surface area contributed by atoms with Crippen LogP contribution in [0.15, 0.2) is 42.6 Å². The van der Waals surface area contributed by atoms with Crippen molar-refractivity contribution in [3.05, 3.63) is 54.1 Å². The third-order valence-corrected chi connectivity index (χ3v) is 4.66. The van der Waals surface area contributed by atoms with E-state index in [4.69, 9.17) is 0 Å². The van der Waals surface area contributed by atoms with Crippen LogP contribution in [-0.4, -0.2) is 27.3 Å². The number of halogens is 1. The Hall–Kier alpha value is -2.24. The molecule has 0 radical (unpaired) electrons. The number of nitrogens with zero attached hydrogens (tertiary/aromatic N) is 2. The Bertz CT molecular complexity index is 873. The molecule has 0 aliphatic carbocycles. The minimum Gasteiger partial charge on any atom is -0.395 e. The quantitative estimate of drug-likeness (QED) is 0.722. The molecule has 2 heterocycles. The molecule has 0 saturated heterocycles. The molecule has 2 aromatic heterocycles. The van der Waals surface area contributed by atoms with Gasteiger partial charge in [-0.15, -0.1) is 0 Å². The summed E-state index contributed by atoms with van der Waals surface area (Å²) in [6.45, 7) is 4.34. The van der Waals surface area contributed by atoms with Gasteiger partial charge in [-0.05, 0) is 30.2 Å². The molecule has 3 aromatic rings. The number of hydrogen-bond donors (Lipinski definition) is 2. The van der Waals surface area contributed by atoms with Crippen molar-refractivity contribution in [1.82, 2.24) is 14.9 Å². The van der Waals surface area contributed by atoms with Gasteiger partial charge in [0.2, 0.25) is 0 Å². The van der Waals surface area contributed by atoms with Crippen LogP contribution in [0.4, 0.5) is 4.39 Å². The van der Waals surface area contributed by atoms with Crippen LogP contribution in [-0.2, 0) is 13.6 Å².